The molecule has 152 valence electrons. The van der Waals surface area contributed by atoms with Crippen molar-refractivity contribution in [1.82, 2.24) is 19.7 Å². The number of carbonyl (C=O) groups is 1. The Balaban J connectivity index is 1.48. The van der Waals surface area contributed by atoms with Gasteiger partial charge < -0.3 is 14.6 Å². The highest BCUT2D eigenvalue weighted by molar-refractivity contribution is 5.98. The third-order valence-electron chi connectivity index (χ3n) is 6.60. The maximum Gasteiger partial charge on any atom is 0.270 e. The molecule has 0 atom stereocenters. The zero-order chi connectivity index (χ0) is 20.0. The van der Waals surface area contributed by atoms with E-state index in [9.17, 15) is 4.79 Å². The molecule has 6 nitrogen and oxygen atoms in total. The molecule has 1 aromatic carbocycles. The van der Waals surface area contributed by atoms with Gasteiger partial charge in [0.05, 0.1) is 19.3 Å². The first kappa shape index (κ1) is 18.3. The second-order valence-electron chi connectivity index (χ2n) is 8.36. The van der Waals surface area contributed by atoms with Crippen molar-refractivity contribution in [3.8, 4) is 5.75 Å². The number of fused-ring (bicyclic) bond motifs is 2. The van der Waals surface area contributed by atoms with E-state index >= 15 is 0 Å². The second kappa shape index (κ2) is 7.25. The standard InChI is InChI=1S/C23H28N4O2/c1-26-22-9-5-8-18(22)21(25-26)14-27(16-6-3-4-7-16)23(28)20-12-15-10-11-17(29-2)13-19(15)24-20/h10-13,16,24H,3-9,14H2,1-2H3. The summed E-state index contributed by atoms with van der Waals surface area (Å²) >= 11 is 0. The lowest BCUT2D eigenvalue weighted by Crippen LogP contribution is -2.38. The summed E-state index contributed by atoms with van der Waals surface area (Å²) in [6.07, 6.45) is 7.91. The molecular formula is C23H28N4O2. The minimum atomic E-state index is 0.0736. The molecule has 5 rings (SSSR count). The highest BCUT2D eigenvalue weighted by Gasteiger charge is 2.31. The molecule has 2 aliphatic rings. The molecule has 2 aliphatic carbocycles. The number of H-pyrrole nitrogens is 1. The maximum atomic E-state index is 13.6. The predicted molar refractivity (Wildman–Crippen MR) is 112 cm³/mol. The number of amides is 1. The van der Waals surface area contributed by atoms with E-state index in [-0.39, 0.29) is 5.91 Å². The number of aromatic nitrogens is 3. The second-order valence-corrected chi connectivity index (χ2v) is 8.36. The number of rotatable bonds is 5. The number of aromatic amines is 1. The minimum Gasteiger partial charge on any atom is -0.497 e. The number of nitrogens with one attached hydrogen (secondary N) is 1. The zero-order valence-corrected chi connectivity index (χ0v) is 17.2. The van der Waals surface area contributed by atoms with Crippen LogP contribution >= 0.6 is 0 Å². The molecule has 2 aromatic heterocycles. The first-order chi connectivity index (χ1) is 14.1. The quantitative estimate of drug-likeness (QED) is 0.714. The molecule has 1 saturated carbocycles. The van der Waals surface area contributed by atoms with Crippen molar-refractivity contribution < 1.29 is 9.53 Å². The van der Waals surface area contributed by atoms with Crippen LogP contribution < -0.4 is 4.74 Å². The lowest BCUT2D eigenvalue weighted by Gasteiger charge is -2.28. The van der Waals surface area contributed by atoms with E-state index in [1.165, 1.54) is 30.5 Å². The van der Waals surface area contributed by atoms with Gasteiger partial charge in [0.2, 0.25) is 0 Å². The number of methoxy groups -OCH3 is 1. The lowest BCUT2D eigenvalue weighted by atomic mass is 10.1. The fourth-order valence-corrected chi connectivity index (χ4v) is 5.07. The SMILES string of the molecule is COc1ccc2cc(C(=O)N(Cc3nn(C)c4c3CCC4)C3CCCC3)[nH]c2c1. The number of carbonyl (C=O) groups excluding carboxylic acids is 1. The van der Waals surface area contributed by atoms with Crippen LogP contribution in [0.2, 0.25) is 0 Å². The van der Waals surface area contributed by atoms with Crippen molar-refractivity contribution in [3.05, 3.63) is 46.9 Å². The molecule has 0 unspecified atom stereocenters. The molecule has 0 spiro atoms. The van der Waals surface area contributed by atoms with Crippen LogP contribution in [0.3, 0.4) is 0 Å². The smallest absolute Gasteiger partial charge is 0.270 e. The lowest BCUT2D eigenvalue weighted by molar-refractivity contribution is 0.0655. The Bertz CT molecular complexity index is 1060. The van der Waals surface area contributed by atoms with Crippen LogP contribution in [0.15, 0.2) is 24.3 Å². The number of benzene rings is 1. The Hall–Kier alpha value is -2.76. The number of hydrogen-bond donors (Lipinski definition) is 1. The zero-order valence-electron chi connectivity index (χ0n) is 17.2. The molecule has 1 fully saturated rings. The molecule has 2 heterocycles. The summed E-state index contributed by atoms with van der Waals surface area (Å²) in [6, 6.07) is 8.12. The predicted octanol–water partition coefficient (Wildman–Crippen LogP) is 3.98. The van der Waals surface area contributed by atoms with Gasteiger partial charge >= 0.3 is 0 Å². The number of aryl methyl sites for hydroxylation is 1. The van der Waals surface area contributed by atoms with Gasteiger partial charge in [-0.3, -0.25) is 9.48 Å². The Labute approximate surface area is 170 Å². The van der Waals surface area contributed by atoms with E-state index in [1.807, 2.05) is 36.0 Å². The van der Waals surface area contributed by atoms with Gasteiger partial charge in [-0.2, -0.15) is 5.10 Å². The molecule has 6 heteroatoms. The van der Waals surface area contributed by atoms with Crippen molar-refractivity contribution >= 4 is 16.8 Å². The number of ether oxygens (including phenoxy) is 1. The normalized spacial score (nSPS) is 16.5. The summed E-state index contributed by atoms with van der Waals surface area (Å²) in [4.78, 5) is 19.0. The highest BCUT2D eigenvalue weighted by atomic mass is 16.5. The Morgan fingerprint density at radius 1 is 1.24 bits per heavy atom. The van der Waals surface area contributed by atoms with Gasteiger partial charge in [-0.1, -0.05) is 12.8 Å². The van der Waals surface area contributed by atoms with E-state index < -0.39 is 0 Å². The molecule has 3 aromatic rings. The summed E-state index contributed by atoms with van der Waals surface area (Å²) in [5, 5.41) is 5.81. The molecule has 1 N–H and O–H groups in total. The van der Waals surface area contributed by atoms with Crippen molar-refractivity contribution in [2.24, 2.45) is 7.05 Å². The molecule has 0 radical (unpaired) electrons. The summed E-state index contributed by atoms with van der Waals surface area (Å²) in [6.45, 7) is 0.603. The van der Waals surface area contributed by atoms with Gasteiger partial charge in [-0.25, -0.2) is 0 Å². The first-order valence-electron chi connectivity index (χ1n) is 10.7. The molecule has 0 bridgehead atoms. The first-order valence-corrected chi connectivity index (χ1v) is 10.7. The topological polar surface area (TPSA) is 63.1 Å². The third-order valence-corrected chi connectivity index (χ3v) is 6.60. The van der Waals surface area contributed by atoms with Crippen LogP contribution in [-0.4, -0.2) is 38.7 Å². The van der Waals surface area contributed by atoms with Crippen LogP contribution in [0, 0.1) is 0 Å². The Morgan fingerprint density at radius 2 is 2.07 bits per heavy atom. The summed E-state index contributed by atoms with van der Waals surface area (Å²) in [5.74, 6) is 0.861. The van der Waals surface area contributed by atoms with Gasteiger partial charge in [-0.15, -0.1) is 0 Å². The van der Waals surface area contributed by atoms with E-state index in [0.29, 0.717) is 18.3 Å². The van der Waals surface area contributed by atoms with Crippen molar-refractivity contribution in [2.75, 3.05) is 7.11 Å². The fraction of sp³-hybridized carbons (Fsp3) is 0.478. The van der Waals surface area contributed by atoms with E-state index in [1.54, 1.807) is 7.11 Å². The van der Waals surface area contributed by atoms with Crippen LogP contribution in [-0.2, 0) is 26.4 Å². The minimum absolute atomic E-state index is 0.0736. The Kier molecular flexibility index (Phi) is 4.57. The van der Waals surface area contributed by atoms with Crippen molar-refractivity contribution in [2.45, 2.75) is 57.5 Å². The van der Waals surface area contributed by atoms with Crippen LogP contribution in [0.5, 0.6) is 5.75 Å². The molecule has 29 heavy (non-hydrogen) atoms. The highest BCUT2D eigenvalue weighted by Crippen LogP contribution is 2.31. The van der Waals surface area contributed by atoms with E-state index in [0.717, 1.165) is 48.0 Å². The molecule has 0 saturated heterocycles. The van der Waals surface area contributed by atoms with Gasteiger partial charge in [0.1, 0.15) is 11.4 Å². The summed E-state index contributed by atoms with van der Waals surface area (Å²) in [7, 11) is 3.68. The van der Waals surface area contributed by atoms with Crippen LogP contribution in [0.1, 0.15) is 59.5 Å². The third kappa shape index (κ3) is 3.20. The fourth-order valence-electron chi connectivity index (χ4n) is 5.07. The molecular weight excluding hydrogens is 364 g/mol. The van der Waals surface area contributed by atoms with Gasteiger partial charge in [0.15, 0.2) is 0 Å². The molecule has 0 aliphatic heterocycles. The maximum absolute atomic E-state index is 13.6. The Morgan fingerprint density at radius 3 is 2.86 bits per heavy atom. The number of nitrogens with zero attached hydrogens (tertiary/aromatic N) is 3. The number of hydrogen-bond acceptors (Lipinski definition) is 3. The van der Waals surface area contributed by atoms with Crippen molar-refractivity contribution in [3.63, 3.8) is 0 Å². The van der Waals surface area contributed by atoms with Crippen LogP contribution in [0.25, 0.3) is 10.9 Å². The molecule has 1 amide bonds. The largest absolute Gasteiger partial charge is 0.497 e. The van der Waals surface area contributed by atoms with Gasteiger partial charge in [0, 0.05) is 35.8 Å². The van der Waals surface area contributed by atoms with Crippen LogP contribution in [0.4, 0.5) is 0 Å². The van der Waals surface area contributed by atoms with Crippen molar-refractivity contribution in [1.29, 1.82) is 0 Å². The van der Waals surface area contributed by atoms with Gasteiger partial charge in [0.25, 0.3) is 5.91 Å². The van der Waals surface area contributed by atoms with E-state index in [4.69, 9.17) is 9.84 Å². The monoisotopic (exact) mass is 392 g/mol. The summed E-state index contributed by atoms with van der Waals surface area (Å²) < 4.78 is 7.34. The van der Waals surface area contributed by atoms with Gasteiger partial charge in [-0.05, 0) is 55.9 Å². The average molecular weight is 393 g/mol. The average Bonchev–Trinajstić information content (AvgIpc) is 3.50. The van der Waals surface area contributed by atoms with E-state index in [2.05, 4.69) is 9.88 Å². The summed E-state index contributed by atoms with van der Waals surface area (Å²) in [5.41, 5.74) is 5.37.